The minimum atomic E-state index is -0.439. The molecule has 0 aliphatic heterocycles. The molecule has 0 atom stereocenters. The molecule has 18 heavy (non-hydrogen) atoms. The predicted octanol–water partition coefficient (Wildman–Crippen LogP) is 3.14. The van der Waals surface area contributed by atoms with Gasteiger partial charge in [0.2, 0.25) is 0 Å². The quantitative estimate of drug-likeness (QED) is 0.855. The molecule has 0 aliphatic carbocycles. The lowest BCUT2D eigenvalue weighted by atomic mass is 10.2. The van der Waals surface area contributed by atoms with Crippen molar-refractivity contribution in [1.82, 2.24) is 0 Å². The highest BCUT2D eigenvalue weighted by molar-refractivity contribution is 7.80. The van der Waals surface area contributed by atoms with Crippen LogP contribution in [0.1, 0.15) is 11.1 Å². The first-order valence-corrected chi connectivity index (χ1v) is 6.75. The molecule has 0 aliphatic rings. The highest BCUT2D eigenvalue weighted by Crippen LogP contribution is 2.19. The zero-order valence-corrected chi connectivity index (χ0v) is 11.2. The minimum Gasteiger partial charge on any atom is -0.490 e. The fourth-order valence-corrected chi connectivity index (χ4v) is 2.32. The Bertz CT molecular complexity index is 540. The maximum Gasteiger partial charge on any atom is 0.165 e. The molecule has 0 spiro atoms. The summed E-state index contributed by atoms with van der Waals surface area (Å²) in [6.07, 6.45) is 0.764. The Balaban J connectivity index is 1.95. The zero-order valence-electron chi connectivity index (χ0n) is 9.56. The summed E-state index contributed by atoms with van der Waals surface area (Å²) < 4.78 is 19.0. The van der Waals surface area contributed by atoms with Crippen LogP contribution >= 0.6 is 23.6 Å². The molecular weight excluding hydrogens is 269 g/mol. The minimum absolute atomic E-state index is 0.179. The van der Waals surface area contributed by atoms with Gasteiger partial charge < -0.3 is 10.5 Å². The third kappa shape index (κ3) is 3.27. The van der Waals surface area contributed by atoms with Gasteiger partial charge in [0.05, 0.1) is 6.61 Å². The third-order valence-corrected chi connectivity index (χ3v) is 3.41. The van der Waals surface area contributed by atoms with Crippen LogP contribution in [0.3, 0.4) is 0 Å². The van der Waals surface area contributed by atoms with Crippen LogP contribution < -0.4 is 10.5 Å². The predicted molar refractivity (Wildman–Crippen MR) is 75.8 cm³/mol. The SMILES string of the molecule is NC(=S)c1ccc(OCCc2ccsc2)c(F)c1. The summed E-state index contributed by atoms with van der Waals surface area (Å²) in [6.45, 7) is 0.445. The number of hydrogen-bond acceptors (Lipinski definition) is 3. The molecule has 2 nitrogen and oxygen atoms in total. The van der Waals surface area contributed by atoms with Gasteiger partial charge in [-0.1, -0.05) is 12.2 Å². The van der Waals surface area contributed by atoms with Gasteiger partial charge in [-0.25, -0.2) is 4.39 Å². The van der Waals surface area contributed by atoms with Crippen molar-refractivity contribution in [1.29, 1.82) is 0 Å². The molecule has 0 saturated carbocycles. The first-order valence-electron chi connectivity index (χ1n) is 5.40. The zero-order chi connectivity index (χ0) is 13.0. The fourth-order valence-electron chi connectivity index (χ4n) is 1.48. The Kier molecular flexibility index (Phi) is 4.28. The van der Waals surface area contributed by atoms with E-state index < -0.39 is 5.82 Å². The fraction of sp³-hybridized carbons (Fsp3) is 0.154. The van der Waals surface area contributed by atoms with Gasteiger partial charge in [-0.3, -0.25) is 0 Å². The van der Waals surface area contributed by atoms with Crippen LogP contribution in [0.2, 0.25) is 0 Å². The maximum atomic E-state index is 13.6. The number of rotatable bonds is 5. The van der Waals surface area contributed by atoms with Crippen molar-refractivity contribution in [2.24, 2.45) is 5.73 Å². The molecule has 0 fully saturated rings. The highest BCUT2D eigenvalue weighted by Gasteiger charge is 2.06. The van der Waals surface area contributed by atoms with Crippen molar-refractivity contribution in [3.05, 3.63) is 52.0 Å². The number of halogens is 1. The highest BCUT2D eigenvalue weighted by atomic mass is 32.1. The molecule has 2 N–H and O–H groups in total. The number of nitrogens with two attached hydrogens (primary N) is 1. The first-order chi connectivity index (χ1) is 8.66. The summed E-state index contributed by atoms with van der Waals surface area (Å²) in [5.74, 6) is -0.212. The lowest BCUT2D eigenvalue weighted by Crippen LogP contribution is -2.10. The number of thiophene rings is 1. The molecule has 5 heteroatoms. The summed E-state index contributed by atoms with van der Waals surface area (Å²) in [7, 11) is 0. The van der Waals surface area contributed by atoms with E-state index >= 15 is 0 Å². The van der Waals surface area contributed by atoms with Crippen molar-refractivity contribution < 1.29 is 9.13 Å². The molecular formula is C13H12FNOS2. The van der Waals surface area contributed by atoms with Crippen LogP contribution in [0.25, 0.3) is 0 Å². The summed E-state index contributed by atoms with van der Waals surface area (Å²) in [5, 5.41) is 4.06. The monoisotopic (exact) mass is 281 g/mol. The van der Waals surface area contributed by atoms with E-state index in [0.717, 1.165) is 6.42 Å². The average molecular weight is 281 g/mol. The van der Waals surface area contributed by atoms with Gasteiger partial charge in [0.1, 0.15) is 4.99 Å². The van der Waals surface area contributed by atoms with Gasteiger partial charge in [-0.2, -0.15) is 11.3 Å². The molecule has 0 amide bonds. The van der Waals surface area contributed by atoms with Crippen molar-refractivity contribution in [2.75, 3.05) is 6.61 Å². The van der Waals surface area contributed by atoms with E-state index in [-0.39, 0.29) is 10.7 Å². The lowest BCUT2D eigenvalue weighted by Gasteiger charge is -2.07. The number of hydrogen-bond donors (Lipinski definition) is 1. The number of thiocarbonyl (C=S) groups is 1. The van der Waals surface area contributed by atoms with E-state index in [1.807, 2.05) is 11.4 Å². The Morgan fingerprint density at radius 2 is 2.22 bits per heavy atom. The Morgan fingerprint density at radius 1 is 1.39 bits per heavy atom. The van der Waals surface area contributed by atoms with Crippen LogP contribution in [0, 0.1) is 5.82 Å². The van der Waals surface area contributed by atoms with E-state index in [4.69, 9.17) is 22.7 Å². The average Bonchev–Trinajstić information content (AvgIpc) is 2.84. The van der Waals surface area contributed by atoms with E-state index in [1.54, 1.807) is 23.5 Å². The molecule has 2 aromatic rings. The summed E-state index contributed by atoms with van der Waals surface area (Å²) in [5.41, 5.74) is 7.12. The Labute approximate surface area is 114 Å². The van der Waals surface area contributed by atoms with Crippen LogP contribution in [0.15, 0.2) is 35.0 Å². The van der Waals surface area contributed by atoms with Crippen molar-refractivity contribution in [3.8, 4) is 5.75 Å². The van der Waals surface area contributed by atoms with Crippen molar-refractivity contribution in [3.63, 3.8) is 0 Å². The number of ether oxygens (including phenoxy) is 1. The lowest BCUT2D eigenvalue weighted by molar-refractivity contribution is 0.305. The van der Waals surface area contributed by atoms with Crippen molar-refractivity contribution in [2.45, 2.75) is 6.42 Å². The van der Waals surface area contributed by atoms with E-state index in [1.165, 1.54) is 11.6 Å². The molecule has 1 heterocycles. The number of benzene rings is 1. The largest absolute Gasteiger partial charge is 0.490 e. The van der Waals surface area contributed by atoms with Gasteiger partial charge in [0.15, 0.2) is 11.6 Å². The van der Waals surface area contributed by atoms with Crippen LogP contribution in [0.5, 0.6) is 5.75 Å². The van der Waals surface area contributed by atoms with Gasteiger partial charge in [0.25, 0.3) is 0 Å². The van der Waals surface area contributed by atoms with Gasteiger partial charge >= 0.3 is 0 Å². The second-order valence-corrected chi connectivity index (χ2v) is 4.96. The summed E-state index contributed by atoms with van der Waals surface area (Å²) >= 11 is 6.41. The molecule has 1 aromatic heterocycles. The topological polar surface area (TPSA) is 35.2 Å². The van der Waals surface area contributed by atoms with Gasteiger partial charge in [-0.15, -0.1) is 0 Å². The smallest absolute Gasteiger partial charge is 0.165 e. The molecule has 0 unspecified atom stereocenters. The van der Waals surface area contributed by atoms with Crippen LogP contribution in [-0.4, -0.2) is 11.6 Å². The second-order valence-electron chi connectivity index (χ2n) is 3.74. The van der Waals surface area contributed by atoms with Crippen LogP contribution in [0.4, 0.5) is 4.39 Å². The van der Waals surface area contributed by atoms with Gasteiger partial charge in [-0.05, 0) is 40.6 Å². The van der Waals surface area contributed by atoms with Gasteiger partial charge in [0, 0.05) is 12.0 Å². The summed E-state index contributed by atoms with van der Waals surface area (Å²) in [4.78, 5) is 0.179. The third-order valence-electron chi connectivity index (χ3n) is 2.44. The standard InChI is InChI=1S/C13H12FNOS2/c14-11-7-10(13(15)17)1-2-12(11)16-5-3-9-4-6-18-8-9/h1-2,4,6-8H,3,5H2,(H2,15,17). The maximum absolute atomic E-state index is 13.6. The Hall–Kier alpha value is -1.46. The second kappa shape index (κ2) is 5.93. The molecule has 94 valence electrons. The molecule has 0 radical (unpaired) electrons. The van der Waals surface area contributed by atoms with E-state index in [0.29, 0.717) is 12.2 Å². The van der Waals surface area contributed by atoms with Crippen LogP contribution in [-0.2, 0) is 6.42 Å². The summed E-state index contributed by atoms with van der Waals surface area (Å²) in [6, 6.07) is 6.53. The molecule has 0 bridgehead atoms. The molecule has 1 aromatic carbocycles. The molecule has 0 saturated heterocycles. The normalized spacial score (nSPS) is 10.3. The van der Waals surface area contributed by atoms with E-state index in [9.17, 15) is 4.39 Å². The van der Waals surface area contributed by atoms with E-state index in [2.05, 4.69) is 5.38 Å². The Morgan fingerprint density at radius 3 is 2.83 bits per heavy atom. The molecule has 2 rings (SSSR count). The first kappa shape index (κ1) is 13.0. The van der Waals surface area contributed by atoms with Crippen molar-refractivity contribution >= 4 is 28.5 Å².